The summed E-state index contributed by atoms with van der Waals surface area (Å²) < 4.78 is 10.6. The van der Waals surface area contributed by atoms with Gasteiger partial charge in [-0.2, -0.15) is 0 Å². The van der Waals surface area contributed by atoms with E-state index in [4.69, 9.17) is 19.7 Å². The van der Waals surface area contributed by atoms with Gasteiger partial charge in [0, 0.05) is 9.79 Å². The van der Waals surface area contributed by atoms with Crippen LogP contribution in [0.2, 0.25) is 0 Å². The van der Waals surface area contributed by atoms with E-state index in [1.54, 1.807) is 23.5 Å². The van der Waals surface area contributed by atoms with E-state index < -0.39 is 23.9 Å². The molecule has 0 saturated heterocycles. The molecule has 0 radical (unpaired) electrons. The van der Waals surface area contributed by atoms with E-state index in [-0.39, 0.29) is 29.8 Å². The van der Waals surface area contributed by atoms with E-state index in [1.165, 1.54) is 0 Å². The van der Waals surface area contributed by atoms with E-state index in [0.29, 0.717) is 11.5 Å². The molecular formula is C27H32O8S2. The fraction of sp³-hybridized carbons (Fsp3) is 0.407. The number of carboxylic acid groups (broad SMARTS) is 2. The highest BCUT2D eigenvalue weighted by molar-refractivity contribution is 8.18. The van der Waals surface area contributed by atoms with Crippen molar-refractivity contribution in [3.8, 4) is 11.5 Å². The second-order valence-corrected chi connectivity index (χ2v) is 12.8. The molecule has 0 heterocycles. The number of aryl methyl sites for hydroxylation is 4. The molecule has 0 spiro atoms. The quantitative estimate of drug-likeness (QED) is 0.139. The fourth-order valence-corrected chi connectivity index (χ4v) is 6.42. The van der Waals surface area contributed by atoms with Gasteiger partial charge in [0.25, 0.3) is 0 Å². The third-order valence-corrected chi connectivity index (χ3v) is 7.54. The zero-order chi connectivity index (χ0) is 27.9. The van der Waals surface area contributed by atoms with Crippen LogP contribution in [0.3, 0.4) is 0 Å². The standard InChI is InChI=1S/C27H32O8S2/c1-15-11-19(12-16(2)25(15)34-23(32)9-7-21(28)29)36-27(5,6)37-20-13-17(3)26(18(4)14-20)35-24(33)10-8-22(30)31/h11-14H,7-10H2,1-6H3,(H,28,29)(H,30,31). The van der Waals surface area contributed by atoms with Gasteiger partial charge in [-0.25, -0.2) is 0 Å². The van der Waals surface area contributed by atoms with Crippen LogP contribution >= 0.6 is 23.5 Å². The minimum atomic E-state index is -1.05. The molecule has 200 valence electrons. The highest BCUT2D eigenvalue weighted by Crippen LogP contribution is 2.47. The van der Waals surface area contributed by atoms with Crippen LogP contribution in [0.1, 0.15) is 61.8 Å². The number of carboxylic acids is 2. The number of aliphatic carboxylic acids is 2. The van der Waals surface area contributed by atoms with Crippen molar-refractivity contribution in [2.24, 2.45) is 0 Å². The van der Waals surface area contributed by atoms with Crippen LogP contribution in [0.15, 0.2) is 34.1 Å². The summed E-state index contributed by atoms with van der Waals surface area (Å²) in [7, 11) is 0. The Bertz CT molecular complexity index is 1070. The molecule has 0 aliphatic carbocycles. The molecule has 0 fully saturated rings. The number of rotatable bonds is 12. The maximum absolute atomic E-state index is 12.0. The molecular weight excluding hydrogens is 516 g/mol. The normalized spacial score (nSPS) is 11.2. The Morgan fingerprint density at radius 3 is 1.22 bits per heavy atom. The highest BCUT2D eigenvalue weighted by atomic mass is 32.2. The second-order valence-electron chi connectivity index (χ2n) is 9.11. The minimum Gasteiger partial charge on any atom is -0.481 e. The average Bonchev–Trinajstić information content (AvgIpc) is 2.75. The lowest BCUT2D eigenvalue weighted by atomic mass is 10.1. The van der Waals surface area contributed by atoms with Crippen molar-refractivity contribution in [2.45, 2.75) is 81.1 Å². The van der Waals surface area contributed by atoms with Crippen molar-refractivity contribution in [3.05, 3.63) is 46.5 Å². The van der Waals surface area contributed by atoms with Gasteiger partial charge >= 0.3 is 23.9 Å². The summed E-state index contributed by atoms with van der Waals surface area (Å²) >= 11 is 3.30. The Labute approximate surface area is 225 Å². The fourth-order valence-electron chi connectivity index (χ4n) is 3.60. The molecule has 0 saturated carbocycles. The molecule has 0 amide bonds. The molecule has 0 bridgehead atoms. The van der Waals surface area contributed by atoms with Crippen molar-refractivity contribution >= 4 is 47.4 Å². The maximum atomic E-state index is 12.0. The summed E-state index contributed by atoms with van der Waals surface area (Å²) in [5.41, 5.74) is 3.14. The van der Waals surface area contributed by atoms with Crippen LogP contribution in [0.25, 0.3) is 0 Å². The number of ether oxygens (including phenoxy) is 2. The Hall–Kier alpha value is -2.98. The van der Waals surface area contributed by atoms with Crippen LogP contribution < -0.4 is 9.47 Å². The average molecular weight is 549 g/mol. The lowest BCUT2D eigenvalue weighted by molar-refractivity contribution is -0.142. The molecule has 2 aromatic rings. The van der Waals surface area contributed by atoms with E-state index in [1.807, 2.05) is 52.0 Å². The lowest BCUT2D eigenvalue weighted by Crippen LogP contribution is -2.13. The predicted octanol–water partition coefficient (Wildman–Crippen LogP) is 6.08. The molecule has 10 heteroatoms. The van der Waals surface area contributed by atoms with Crippen LogP contribution in [0, 0.1) is 27.7 Å². The van der Waals surface area contributed by atoms with Crippen molar-refractivity contribution in [2.75, 3.05) is 0 Å². The second kappa shape index (κ2) is 13.0. The van der Waals surface area contributed by atoms with Gasteiger partial charge in [-0.1, -0.05) is 0 Å². The molecule has 0 atom stereocenters. The van der Waals surface area contributed by atoms with Gasteiger partial charge in [0.2, 0.25) is 0 Å². The van der Waals surface area contributed by atoms with Gasteiger partial charge in [-0.3, -0.25) is 19.2 Å². The third kappa shape index (κ3) is 9.77. The van der Waals surface area contributed by atoms with E-state index >= 15 is 0 Å². The molecule has 0 aliphatic rings. The minimum absolute atomic E-state index is 0.187. The van der Waals surface area contributed by atoms with Gasteiger partial charge in [-0.05, 0) is 88.1 Å². The highest BCUT2D eigenvalue weighted by Gasteiger charge is 2.24. The van der Waals surface area contributed by atoms with E-state index in [0.717, 1.165) is 32.0 Å². The third-order valence-electron chi connectivity index (χ3n) is 5.11. The number of carbonyl (C=O) groups excluding carboxylic acids is 2. The maximum Gasteiger partial charge on any atom is 0.311 e. The first-order valence-electron chi connectivity index (χ1n) is 11.6. The van der Waals surface area contributed by atoms with Gasteiger partial charge < -0.3 is 19.7 Å². The number of benzene rings is 2. The summed E-state index contributed by atoms with van der Waals surface area (Å²) in [6.07, 6.45) is -0.923. The summed E-state index contributed by atoms with van der Waals surface area (Å²) in [4.78, 5) is 47.4. The molecule has 0 aliphatic heterocycles. The molecule has 8 nitrogen and oxygen atoms in total. The summed E-state index contributed by atoms with van der Waals surface area (Å²) in [5.74, 6) is -2.35. The van der Waals surface area contributed by atoms with Crippen molar-refractivity contribution < 1.29 is 38.9 Å². The first-order chi connectivity index (χ1) is 17.2. The number of hydrogen-bond donors (Lipinski definition) is 2. The van der Waals surface area contributed by atoms with E-state index in [9.17, 15) is 19.2 Å². The zero-order valence-corrected chi connectivity index (χ0v) is 23.4. The van der Waals surface area contributed by atoms with E-state index in [2.05, 4.69) is 13.8 Å². The summed E-state index contributed by atoms with van der Waals surface area (Å²) in [6, 6.07) is 7.76. The van der Waals surface area contributed by atoms with Crippen LogP contribution in [0.5, 0.6) is 11.5 Å². The molecule has 37 heavy (non-hydrogen) atoms. The summed E-state index contributed by atoms with van der Waals surface area (Å²) in [6.45, 7) is 11.6. The summed E-state index contributed by atoms with van der Waals surface area (Å²) in [5, 5.41) is 17.5. The predicted molar refractivity (Wildman–Crippen MR) is 143 cm³/mol. The number of esters is 2. The Balaban J connectivity index is 2.11. The largest absolute Gasteiger partial charge is 0.481 e. The van der Waals surface area contributed by atoms with Gasteiger partial charge in [0.15, 0.2) is 0 Å². The van der Waals surface area contributed by atoms with Crippen molar-refractivity contribution in [1.29, 1.82) is 0 Å². The van der Waals surface area contributed by atoms with Crippen molar-refractivity contribution in [3.63, 3.8) is 0 Å². The first-order valence-corrected chi connectivity index (χ1v) is 13.3. The number of carbonyl (C=O) groups is 4. The Kier molecular flexibility index (Phi) is 10.6. The lowest BCUT2D eigenvalue weighted by Gasteiger charge is -2.25. The molecule has 2 rings (SSSR count). The smallest absolute Gasteiger partial charge is 0.311 e. The van der Waals surface area contributed by atoms with Crippen LogP contribution in [-0.4, -0.2) is 38.2 Å². The van der Waals surface area contributed by atoms with Crippen LogP contribution in [0.4, 0.5) is 0 Å². The number of thioether (sulfide) groups is 2. The molecule has 0 unspecified atom stereocenters. The van der Waals surface area contributed by atoms with Gasteiger partial charge in [-0.15, -0.1) is 23.5 Å². The Morgan fingerprint density at radius 2 is 0.946 bits per heavy atom. The van der Waals surface area contributed by atoms with Gasteiger partial charge in [0.1, 0.15) is 11.5 Å². The monoisotopic (exact) mass is 548 g/mol. The van der Waals surface area contributed by atoms with Crippen molar-refractivity contribution in [1.82, 2.24) is 0 Å². The SMILES string of the molecule is Cc1cc(SC(C)(C)Sc2cc(C)c(OC(=O)CCC(=O)O)c(C)c2)cc(C)c1OC(=O)CCC(=O)O. The Morgan fingerprint density at radius 1 is 0.649 bits per heavy atom. The topological polar surface area (TPSA) is 127 Å². The first kappa shape index (κ1) is 30.2. The molecule has 0 aromatic heterocycles. The number of hydrogen-bond acceptors (Lipinski definition) is 8. The zero-order valence-electron chi connectivity index (χ0n) is 21.8. The van der Waals surface area contributed by atoms with Gasteiger partial charge in [0.05, 0.1) is 29.8 Å². The molecule has 2 N–H and O–H groups in total. The van der Waals surface area contributed by atoms with Crippen LogP contribution in [-0.2, 0) is 19.2 Å². The molecule has 2 aromatic carbocycles.